The van der Waals surface area contributed by atoms with Gasteiger partial charge < -0.3 is 9.84 Å². The number of aryl methyl sites for hydroxylation is 2. The van der Waals surface area contributed by atoms with Crippen molar-refractivity contribution in [2.24, 2.45) is 0 Å². The molecule has 1 unspecified atom stereocenters. The monoisotopic (exact) mass is 442 g/mol. The topological polar surface area (TPSA) is 46.5 Å². The van der Waals surface area contributed by atoms with Crippen molar-refractivity contribution in [2.75, 3.05) is 12.4 Å². The van der Waals surface area contributed by atoms with Crippen molar-refractivity contribution in [3.63, 3.8) is 0 Å². The van der Waals surface area contributed by atoms with Gasteiger partial charge in [0.15, 0.2) is 5.78 Å². The Hall–Kier alpha value is -1.85. The highest BCUT2D eigenvalue weighted by Crippen LogP contribution is 2.39. The number of ketones is 1. The standard InChI is InChI=1S/C25H30O3S2/c1-18-16-20(17-19(2)25(18)27)7-12-24(26)21-8-10-22(11-9-21)28-14-5-3-4-6-23-13-15-29-30-23/h7-12,16-17,23,27H,3-6,13-15H2,1-2H3. The zero-order valence-corrected chi connectivity index (χ0v) is 19.4. The predicted molar refractivity (Wildman–Crippen MR) is 130 cm³/mol. The number of carbonyl (C=O) groups is 1. The normalized spacial score (nSPS) is 16.3. The molecule has 0 spiro atoms. The molecule has 1 heterocycles. The van der Waals surface area contributed by atoms with Crippen molar-refractivity contribution in [1.82, 2.24) is 0 Å². The number of hydrogen-bond donors (Lipinski definition) is 1. The Balaban J connectivity index is 1.41. The molecule has 0 amide bonds. The fraction of sp³-hybridized carbons (Fsp3) is 0.400. The van der Waals surface area contributed by atoms with Crippen LogP contribution in [0.25, 0.3) is 6.08 Å². The first-order valence-corrected chi connectivity index (χ1v) is 12.9. The lowest BCUT2D eigenvalue weighted by atomic mass is 10.0. The average Bonchev–Trinajstić information content (AvgIpc) is 3.26. The van der Waals surface area contributed by atoms with Crippen molar-refractivity contribution < 1.29 is 14.6 Å². The van der Waals surface area contributed by atoms with E-state index in [4.69, 9.17) is 4.74 Å². The van der Waals surface area contributed by atoms with Crippen molar-refractivity contribution in [3.05, 3.63) is 64.7 Å². The summed E-state index contributed by atoms with van der Waals surface area (Å²) in [6.07, 6.45) is 9.60. The predicted octanol–water partition coefficient (Wildman–Crippen LogP) is 7.00. The van der Waals surface area contributed by atoms with E-state index in [1.165, 1.54) is 31.4 Å². The molecule has 160 valence electrons. The average molecular weight is 443 g/mol. The zero-order chi connectivity index (χ0) is 21.3. The molecule has 5 heteroatoms. The van der Waals surface area contributed by atoms with E-state index in [0.717, 1.165) is 40.7 Å². The molecule has 0 saturated carbocycles. The summed E-state index contributed by atoms with van der Waals surface area (Å²) in [4.78, 5) is 12.4. The summed E-state index contributed by atoms with van der Waals surface area (Å²) in [6.45, 7) is 4.43. The van der Waals surface area contributed by atoms with E-state index in [1.807, 2.05) is 61.0 Å². The molecule has 0 bridgehead atoms. The van der Waals surface area contributed by atoms with Gasteiger partial charge in [-0.3, -0.25) is 4.79 Å². The quantitative estimate of drug-likeness (QED) is 0.186. The number of rotatable bonds is 10. The van der Waals surface area contributed by atoms with E-state index < -0.39 is 0 Å². The van der Waals surface area contributed by atoms with E-state index in [-0.39, 0.29) is 5.78 Å². The number of phenols is 1. The summed E-state index contributed by atoms with van der Waals surface area (Å²) >= 11 is 0. The maximum atomic E-state index is 12.4. The maximum absolute atomic E-state index is 12.4. The molecule has 2 aromatic carbocycles. The molecule has 0 aromatic heterocycles. The molecular formula is C25H30O3S2. The van der Waals surface area contributed by atoms with Crippen LogP contribution in [-0.2, 0) is 0 Å². The van der Waals surface area contributed by atoms with Crippen molar-refractivity contribution >= 4 is 33.4 Å². The smallest absolute Gasteiger partial charge is 0.185 e. The van der Waals surface area contributed by atoms with Crippen LogP contribution in [0.4, 0.5) is 0 Å². The highest BCUT2D eigenvalue weighted by atomic mass is 33.1. The number of unbranched alkanes of at least 4 members (excludes halogenated alkanes) is 2. The summed E-state index contributed by atoms with van der Waals surface area (Å²) in [5, 5.41) is 10.7. The molecule has 1 N–H and O–H groups in total. The second kappa shape index (κ2) is 11.5. The van der Waals surface area contributed by atoms with Crippen LogP contribution in [0.2, 0.25) is 0 Å². The summed E-state index contributed by atoms with van der Waals surface area (Å²) in [6, 6.07) is 11.1. The summed E-state index contributed by atoms with van der Waals surface area (Å²) in [5.74, 6) is 2.38. The molecule has 30 heavy (non-hydrogen) atoms. The fourth-order valence-electron chi connectivity index (χ4n) is 3.47. The first-order valence-electron chi connectivity index (χ1n) is 10.6. The van der Waals surface area contributed by atoms with E-state index >= 15 is 0 Å². The largest absolute Gasteiger partial charge is 0.507 e. The van der Waals surface area contributed by atoms with E-state index in [0.29, 0.717) is 11.3 Å². The first kappa shape index (κ1) is 22.8. The highest BCUT2D eigenvalue weighted by molar-refractivity contribution is 8.77. The Morgan fingerprint density at radius 3 is 2.53 bits per heavy atom. The maximum Gasteiger partial charge on any atom is 0.185 e. The van der Waals surface area contributed by atoms with Crippen LogP contribution in [0.15, 0.2) is 42.5 Å². The van der Waals surface area contributed by atoms with Gasteiger partial charge in [-0.15, -0.1) is 0 Å². The van der Waals surface area contributed by atoms with Crippen LogP contribution in [0.3, 0.4) is 0 Å². The molecule has 0 radical (unpaired) electrons. The number of allylic oxidation sites excluding steroid dienone is 1. The second-order valence-electron chi connectivity index (χ2n) is 7.75. The number of hydrogen-bond acceptors (Lipinski definition) is 5. The van der Waals surface area contributed by atoms with Crippen LogP contribution >= 0.6 is 21.6 Å². The molecule has 1 atom stereocenters. The number of ether oxygens (including phenoxy) is 1. The Bertz CT molecular complexity index is 845. The lowest BCUT2D eigenvalue weighted by Crippen LogP contribution is -2.00. The van der Waals surface area contributed by atoms with Gasteiger partial charge in [0.25, 0.3) is 0 Å². The van der Waals surface area contributed by atoms with Gasteiger partial charge >= 0.3 is 0 Å². The fourth-order valence-corrected chi connectivity index (χ4v) is 6.50. The molecule has 1 aliphatic heterocycles. The van der Waals surface area contributed by atoms with Crippen LogP contribution in [-0.4, -0.2) is 28.5 Å². The van der Waals surface area contributed by atoms with Gasteiger partial charge in [0.2, 0.25) is 0 Å². The second-order valence-corrected chi connectivity index (χ2v) is 10.5. The van der Waals surface area contributed by atoms with Gasteiger partial charge in [-0.1, -0.05) is 40.5 Å². The number of benzene rings is 2. The molecule has 1 fully saturated rings. The Labute approximate surface area is 187 Å². The third-order valence-electron chi connectivity index (χ3n) is 5.25. The van der Waals surface area contributed by atoms with E-state index in [1.54, 1.807) is 12.2 Å². The minimum absolute atomic E-state index is 0.0483. The van der Waals surface area contributed by atoms with Crippen LogP contribution in [0, 0.1) is 13.8 Å². The third-order valence-corrected chi connectivity index (χ3v) is 8.25. The SMILES string of the molecule is Cc1cc(C=CC(=O)c2ccc(OCCCCCC3CCSS3)cc2)cc(C)c1O. The van der Waals surface area contributed by atoms with Crippen LogP contribution in [0.1, 0.15) is 59.2 Å². The molecule has 2 aromatic rings. The zero-order valence-electron chi connectivity index (χ0n) is 17.7. The third kappa shape index (κ3) is 6.85. The summed E-state index contributed by atoms with van der Waals surface area (Å²) in [7, 11) is 4.06. The van der Waals surface area contributed by atoms with Crippen molar-refractivity contribution in [2.45, 2.75) is 51.2 Å². The Kier molecular flexibility index (Phi) is 8.76. The number of phenolic OH excluding ortho intramolecular Hbond substituents is 1. The lowest BCUT2D eigenvalue weighted by molar-refractivity contribution is 0.104. The van der Waals surface area contributed by atoms with Crippen LogP contribution < -0.4 is 4.74 Å². The summed E-state index contributed by atoms with van der Waals surface area (Å²) < 4.78 is 5.82. The van der Waals surface area contributed by atoms with Gasteiger partial charge in [0.1, 0.15) is 11.5 Å². The molecule has 3 rings (SSSR count). The first-order chi connectivity index (χ1) is 14.5. The number of aromatic hydroxyl groups is 1. The molecule has 1 saturated heterocycles. The molecular weight excluding hydrogens is 412 g/mol. The molecule has 0 aliphatic carbocycles. The van der Waals surface area contributed by atoms with Gasteiger partial charge in [0, 0.05) is 16.6 Å². The minimum Gasteiger partial charge on any atom is -0.507 e. The molecule has 3 nitrogen and oxygen atoms in total. The van der Waals surface area contributed by atoms with Gasteiger partial charge in [-0.05, 0) is 92.3 Å². The minimum atomic E-state index is -0.0483. The lowest BCUT2D eigenvalue weighted by Gasteiger charge is -2.08. The summed E-state index contributed by atoms with van der Waals surface area (Å²) in [5.41, 5.74) is 3.15. The van der Waals surface area contributed by atoms with Gasteiger partial charge in [-0.2, -0.15) is 0 Å². The molecule has 1 aliphatic rings. The van der Waals surface area contributed by atoms with E-state index in [2.05, 4.69) is 10.8 Å². The van der Waals surface area contributed by atoms with Gasteiger partial charge in [0.05, 0.1) is 6.61 Å². The van der Waals surface area contributed by atoms with Crippen LogP contribution in [0.5, 0.6) is 11.5 Å². The highest BCUT2D eigenvalue weighted by Gasteiger charge is 2.15. The Morgan fingerprint density at radius 1 is 1.13 bits per heavy atom. The number of carbonyl (C=O) groups excluding carboxylic acids is 1. The van der Waals surface area contributed by atoms with Crippen molar-refractivity contribution in [1.29, 1.82) is 0 Å². The van der Waals surface area contributed by atoms with Gasteiger partial charge in [-0.25, -0.2) is 0 Å². The van der Waals surface area contributed by atoms with E-state index in [9.17, 15) is 9.90 Å². The Morgan fingerprint density at radius 2 is 1.87 bits per heavy atom. The van der Waals surface area contributed by atoms with Crippen molar-refractivity contribution in [3.8, 4) is 11.5 Å².